The third-order valence-electron chi connectivity index (χ3n) is 5.73. The fourth-order valence-electron chi connectivity index (χ4n) is 4.42. The van der Waals surface area contributed by atoms with Gasteiger partial charge in [-0.25, -0.2) is 0 Å². The van der Waals surface area contributed by atoms with Crippen molar-refractivity contribution in [3.63, 3.8) is 0 Å². The van der Waals surface area contributed by atoms with Crippen molar-refractivity contribution in [1.82, 2.24) is 14.4 Å². The second-order valence-corrected chi connectivity index (χ2v) is 7.42. The fourth-order valence-corrected chi connectivity index (χ4v) is 4.42. The van der Waals surface area contributed by atoms with Crippen LogP contribution in [0.2, 0.25) is 0 Å². The molecule has 2 saturated heterocycles. The largest absolute Gasteiger partial charge is 0.497 e. The van der Waals surface area contributed by atoms with E-state index in [9.17, 15) is 5.11 Å². The molecule has 0 unspecified atom stereocenters. The zero-order valence-corrected chi connectivity index (χ0v) is 14.8. The van der Waals surface area contributed by atoms with Gasteiger partial charge in [0.05, 0.1) is 18.7 Å². The highest BCUT2D eigenvalue weighted by atomic mass is 16.5. The Morgan fingerprint density at radius 1 is 1.25 bits per heavy atom. The van der Waals surface area contributed by atoms with E-state index in [1.807, 2.05) is 6.07 Å². The third-order valence-corrected chi connectivity index (χ3v) is 5.73. The van der Waals surface area contributed by atoms with E-state index in [0.29, 0.717) is 12.1 Å². The van der Waals surface area contributed by atoms with Gasteiger partial charge in [0.1, 0.15) is 5.75 Å². The first kappa shape index (κ1) is 15.9. The molecule has 0 aliphatic carbocycles. The maximum Gasteiger partial charge on any atom is 0.120 e. The SMILES string of the molecule is COc1ccc2c(CN3C[C@@H]4C[C@@H](O)CN4C[C@@H]3C)cn(C)c2c1. The van der Waals surface area contributed by atoms with Gasteiger partial charge in [0.15, 0.2) is 0 Å². The molecular weight excluding hydrogens is 302 g/mol. The van der Waals surface area contributed by atoms with E-state index in [1.165, 1.54) is 16.5 Å². The molecule has 3 atom stereocenters. The van der Waals surface area contributed by atoms with E-state index in [4.69, 9.17) is 4.74 Å². The summed E-state index contributed by atoms with van der Waals surface area (Å²) in [5, 5.41) is 11.2. The van der Waals surface area contributed by atoms with Crippen molar-refractivity contribution < 1.29 is 9.84 Å². The molecule has 0 spiro atoms. The van der Waals surface area contributed by atoms with Gasteiger partial charge in [-0.1, -0.05) is 0 Å². The standard InChI is InChI=1S/C19H27N3O2/c1-13-8-22-12-16(23)6-15(22)11-21(13)10-14-9-20(2)19-7-17(24-3)4-5-18(14)19/h4-5,7,9,13,15-16,23H,6,8,10-12H2,1-3H3/t13-,15-,16+/m0/s1. The van der Waals surface area contributed by atoms with E-state index in [1.54, 1.807) is 7.11 Å². The van der Waals surface area contributed by atoms with Crippen molar-refractivity contribution in [1.29, 1.82) is 0 Å². The first-order valence-corrected chi connectivity index (χ1v) is 8.83. The minimum absolute atomic E-state index is 0.146. The number of benzene rings is 1. The van der Waals surface area contributed by atoms with Gasteiger partial charge in [-0.2, -0.15) is 0 Å². The van der Waals surface area contributed by atoms with Gasteiger partial charge in [0, 0.05) is 63.0 Å². The molecule has 0 amide bonds. The quantitative estimate of drug-likeness (QED) is 0.933. The zero-order valence-electron chi connectivity index (χ0n) is 14.8. The summed E-state index contributed by atoms with van der Waals surface area (Å²) in [6.45, 7) is 6.21. The average Bonchev–Trinajstić information content (AvgIpc) is 3.07. The molecule has 2 aliphatic rings. The van der Waals surface area contributed by atoms with Crippen LogP contribution in [0.25, 0.3) is 10.9 Å². The normalized spacial score (nSPS) is 28.4. The molecule has 3 heterocycles. The number of hydrogen-bond donors (Lipinski definition) is 1. The Kier molecular flexibility index (Phi) is 4.03. The van der Waals surface area contributed by atoms with Crippen LogP contribution in [0.3, 0.4) is 0 Å². The van der Waals surface area contributed by atoms with Gasteiger partial charge in [0.25, 0.3) is 0 Å². The van der Waals surface area contributed by atoms with E-state index in [-0.39, 0.29) is 6.10 Å². The molecule has 0 saturated carbocycles. The van der Waals surface area contributed by atoms with E-state index in [0.717, 1.165) is 38.3 Å². The summed E-state index contributed by atoms with van der Waals surface area (Å²) >= 11 is 0. The van der Waals surface area contributed by atoms with Crippen LogP contribution in [0.15, 0.2) is 24.4 Å². The minimum Gasteiger partial charge on any atom is -0.497 e. The smallest absolute Gasteiger partial charge is 0.120 e. The number of nitrogens with zero attached hydrogens (tertiary/aromatic N) is 3. The molecule has 2 aromatic rings. The molecule has 0 radical (unpaired) electrons. The summed E-state index contributed by atoms with van der Waals surface area (Å²) in [6, 6.07) is 7.34. The van der Waals surface area contributed by atoms with Crippen molar-refractivity contribution in [2.75, 3.05) is 26.7 Å². The molecular formula is C19H27N3O2. The van der Waals surface area contributed by atoms with Gasteiger partial charge in [-0.3, -0.25) is 9.80 Å². The second kappa shape index (κ2) is 6.06. The number of aromatic nitrogens is 1. The predicted octanol–water partition coefficient (Wildman–Crippen LogP) is 1.83. The Morgan fingerprint density at radius 3 is 2.88 bits per heavy atom. The topological polar surface area (TPSA) is 40.9 Å². The van der Waals surface area contributed by atoms with E-state index >= 15 is 0 Å². The Hall–Kier alpha value is -1.56. The molecule has 1 aromatic carbocycles. The molecule has 5 nitrogen and oxygen atoms in total. The number of methoxy groups -OCH3 is 1. The molecule has 5 heteroatoms. The lowest BCUT2D eigenvalue weighted by atomic mass is 10.1. The Morgan fingerprint density at radius 2 is 2.08 bits per heavy atom. The Labute approximate surface area is 143 Å². The Bertz CT molecular complexity index is 742. The first-order valence-electron chi connectivity index (χ1n) is 8.83. The lowest BCUT2D eigenvalue weighted by Crippen LogP contribution is -2.54. The number of aliphatic hydroxyl groups is 1. The van der Waals surface area contributed by atoms with Gasteiger partial charge in [0.2, 0.25) is 0 Å². The number of piperazine rings is 1. The molecule has 24 heavy (non-hydrogen) atoms. The van der Waals surface area contributed by atoms with Crippen LogP contribution >= 0.6 is 0 Å². The van der Waals surface area contributed by atoms with Crippen LogP contribution < -0.4 is 4.74 Å². The highest BCUT2D eigenvalue weighted by molar-refractivity contribution is 5.85. The lowest BCUT2D eigenvalue weighted by molar-refractivity contribution is 0.0531. The van der Waals surface area contributed by atoms with Crippen LogP contribution in [0.5, 0.6) is 5.75 Å². The number of aryl methyl sites for hydroxylation is 1. The molecule has 1 N–H and O–H groups in total. The predicted molar refractivity (Wildman–Crippen MR) is 95.3 cm³/mol. The minimum atomic E-state index is -0.146. The Balaban J connectivity index is 1.58. The molecule has 0 bridgehead atoms. The second-order valence-electron chi connectivity index (χ2n) is 7.42. The average molecular weight is 329 g/mol. The van der Waals surface area contributed by atoms with Crippen LogP contribution in [0, 0.1) is 0 Å². The summed E-state index contributed by atoms with van der Waals surface area (Å²) in [7, 11) is 3.81. The summed E-state index contributed by atoms with van der Waals surface area (Å²) < 4.78 is 7.55. The van der Waals surface area contributed by atoms with Crippen molar-refractivity contribution in [2.45, 2.75) is 38.1 Å². The van der Waals surface area contributed by atoms with Crippen LogP contribution in [0.4, 0.5) is 0 Å². The van der Waals surface area contributed by atoms with E-state index in [2.05, 4.69) is 46.7 Å². The molecule has 130 valence electrons. The summed E-state index contributed by atoms with van der Waals surface area (Å²) in [5.41, 5.74) is 2.58. The number of ether oxygens (including phenoxy) is 1. The number of hydrogen-bond acceptors (Lipinski definition) is 4. The molecule has 2 aliphatic heterocycles. The molecule has 1 aromatic heterocycles. The van der Waals surface area contributed by atoms with Crippen molar-refractivity contribution in [2.24, 2.45) is 7.05 Å². The van der Waals surface area contributed by atoms with E-state index < -0.39 is 0 Å². The van der Waals surface area contributed by atoms with Crippen LogP contribution in [-0.2, 0) is 13.6 Å². The first-order chi connectivity index (χ1) is 11.5. The van der Waals surface area contributed by atoms with Crippen LogP contribution in [0.1, 0.15) is 18.9 Å². The summed E-state index contributed by atoms with van der Waals surface area (Å²) in [6.07, 6.45) is 3.01. The highest BCUT2D eigenvalue weighted by Gasteiger charge is 2.38. The summed E-state index contributed by atoms with van der Waals surface area (Å²) in [4.78, 5) is 5.03. The number of fused-ring (bicyclic) bond motifs is 2. The molecule has 4 rings (SSSR count). The van der Waals surface area contributed by atoms with Gasteiger partial charge >= 0.3 is 0 Å². The highest BCUT2D eigenvalue weighted by Crippen LogP contribution is 2.29. The monoisotopic (exact) mass is 329 g/mol. The maximum absolute atomic E-state index is 9.94. The van der Waals surface area contributed by atoms with Gasteiger partial charge in [-0.15, -0.1) is 0 Å². The van der Waals surface area contributed by atoms with Crippen molar-refractivity contribution >= 4 is 10.9 Å². The van der Waals surface area contributed by atoms with Crippen molar-refractivity contribution in [3.8, 4) is 5.75 Å². The number of aliphatic hydroxyl groups excluding tert-OH is 1. The third kappa shape index (κ3) is 2.70. The number of rotatable bonds is 3. The van der Waals surface area contributed by atoms with Gasteiger partial charge < -0.3 is 14.4 Å². The zero-order chi connectivity index (χ0) is 16.8. The lowest BCUT2D eigenvalue weighted by Gasteiger charge is -2.42. The fraction of sp³-hybridized carbons (Fsp3) is 0.579. The maximum atomic E-state index is 9.94. The summed E-state index contributed by atoms with van der Waals surface area (Å²) in [5.74, 6) is 0.900. The molecule has 2 fully saturated rings. The van der Waals surface area contributed by atoms with Crippen LogP contribution in [-0.4, -0.2) is 64.4 Å². The van der Waals surface area contributed by atoms with Crippen molar-refractivity contribution in [3.05, 3.63) is 30.0 Å². The van der Waals surface area contributed by atoms with Gasteiger partial charge in [-0.05, 0) is 31.0 Å².